The van der Waals surface area contributed by atoms with Crippen LogP contribution in [0.1, 0.15) is 25.3 Å². The second-order valence-corrected chi connectivity index (χ2v) is 8.33. The molecule has 0 heterocycles. The number of rotatable bonds is 5. The summed E-state index contributed by atoms with van der Waals surface area (Å²) in [5, 5.41) is 10.5. The van der Waals surface area contributed by atoms with E-state index in [-0.39, 0.29) is 11.6 Å². The quantitative estimate of drug-likeness (QED) is 0.864. The van der Waals surface area contributed by atoms with E-state index in [0.29, 0.717) is 5.56 Å². The van der Waals surface area contributed by atoms with Gasteiger partial charge in [-0.3, -0.25) is 0 Å². The van der Waals surface area contributed by atoms with Crippen molar-refractivity contribution in [1.82, 2.24) is 0 Å². The van der Waals surface area contributed by atoms with E-state index in [0.717, 1.165) is 12.3 Å². The molecule has 4 nitrogen and oxygen atoms in total. The molecule has 1 rings (SSSR count). The summed E-state index contributed by atoms with van der Waals surface area (Å²) in [5.74, 6) is -1.21. The van der Waals surface area contributed by atoms with Crippen molar-refractivity contribution in [2.45, 2.75) is 30.6 Å². The second-order valence-electron chi connectivity index (χ2n) is 5.33. The lowest BCUT2D eigenvalue weighted by atomic mass is 9.86. The third kappa shape index (κ3) is 3.31. The fraction of sp³-hybridized carbons (Fsp3) is 0.538. The van der Waals surface area contributed by atoms with Gasteiger partial charge in [-0.15, -0.1) is 0 Å². The molecule has 20 heavy (non-hydrogen) atoms. The predicted octanol–water partition coefficient (Wildman–Crippen LogP) is 1.71. The Bertz CT molecular complexity index is 589. The molecule has 0 saturated carbocycles. The van der Waals surface area contributed by atoms with Crippen molar-refractivity contribution >= 4 is 21.4 Å². The molecule has 1 aromatic carbocycles. The van der Waals surface area contributed by atoms with Crippen molar-refractivity contribution < 1.29 is 17.9 Å². The minimum Gasteiger partial charge on any atom is -0.391 e. The molecule has 0 aliphatic carbocycles. The van der Waals surface area contributed by atoms with Crippen LogP contribution in [0.15, 0.2) is 18.2 Å². The van der Waals surface area contributed by atoms with E-state index in [9.17, 15) is 17.9 Å². The monoisotopic (exact) mass is 323 g/mol. The van der Waals surface area contributed by atoms with Gasteiger partial charge in [-0.25, -0.2) is 12.8 Å². The molecule has 0 amide bonds. The number of hydrogen-bond donors (Lipinski definition) is 2. The normalized spacial score (nSPS) is 15.9. The zero-order chi connectivity index (χ0) is 15.7. The molecule has 1 aromatic rings. The molecule has 0 aliphatic rings. The molecule has 0 fully saturated rings. The maximum atomic E-state index is 13.1. The molecule has 0 bridgehead atoms. The summed E-state index contributed by atoms with van der Waals surface area (Å²) in [7, 11) is -3.51. The lowest BCUT2D eigenvalue weighted by molar-refractivity contribution is 0.110. The van der Waals surface area contributed by atoms with Gasteiger partial charge in [0.05, 0.1) is 10.9 Å². The lowest BCUT2D eigenvalue weighted by Gasteiger charge is -2.34. The van der Waals surface area contributed by atoms with Crippen LogP contribution < -0.4 is 5.73 Å². The van der Waals surface area contributed by atoms with Gasteiger partial charge in [0.25, 0.3) is 0 Å². The van der Waals surface area contributed by atoms with Crippen molar-refractivity contribution in [1.29, 1.82) is 0 Å². The number of aliphatic hydroxyl groups excluding tert-OH is 1. The molecular formula is C13H19ClFNO3S. The molecule has 2 unspecified atom stereocenters. The smallest absolute Gasteiger partial charge is 0.155 e. The highest BCUT2D eigenvalue weighted by atomic mass is 35.5. The molecule has 2 atom stereocenters. The molecule has 0 saturated heterocycles. The summed E-state index contributed by atoms with van der Waals surface area (Å²) in [5.41, 5.74) is 6.08. The van der Waals surface area contributed by atoms with Crippen molar-refractivity contribution in [3.8, 4) is 0 Å². The average molecular weight is 324 g/mol. The number of nitrogens with two attached hydrogens (primary N) is 1. The zero-order valence-corrected chi connectivity index (χ0v) is 13.2. The number of benzene rings is 1. The Morgan fingerprint density at radius 2 is 2.00 bits per heavy atom. The Morgan fingerprint density at radius 3 is 2.40 bits per heavy atom. The first-order valence-corrected chi connectivity index (χ1v) is 8.32. The molecule has 0 aromatic heterocycles. The molecule has 3 N–H and O–H groups in total. The van der Waals surface area contributed by atoms with Gasteiger partial charge in [0.15, 0.2) is 9.84 Å². The molecular weight excluding hydrogens is 305 g/mol. The van der Waals surface area contributed by atoms with Crippen LogP contribution in [-0.4, -0.2) is 37.2 Å². The van der Waals surface area contributed by atoms with E-state index >= 15 is 0 Å². The average Bonchev–Trinajstić information content (AvgIpc) is 2.30. The molecule has 114 valence electrons. The molecule has 0 spiro atoms. The van der Waals surface area contributed by atoms with Gasteiger partial charge in [0.2, 0.25) is 0 Å². The van der Waals surface area contributed by atoms with Crippen LogP contribution in [0.5, 0.6) is 0 Å². The second kappa shape index (κ2) is 5.97. The first-order chi connectivity index (χ1) is 9.02. The topological polar surface area (TPSA) is 80.4 Å². The van der Waals surface area contributed by atoms with E-state index < -0.39 is 32.4 Å². The van der Waals surface area contributed by atoms with Crippen LogP contribution in [-0.2, 0) is 9.84 Å². The van der Waals surface area contributed by atoms with E-state index in [1.165, 1.54) is 26.0 Å². The first kappa shape index (κ1) is 17.4. The van der Waals surface area contributed by atoms with E-state index in [2.05, 4.69) is 0 Å². The van der Waals surface area contributed by atoms with Crippen molar-refractivity contribution in [3.05, 3.63) is 34.6 Å². The minimum atomic E-state index is -3.51. The molecule has 0 aliphatic heterocycles. The largest absolute Gasteiger partial charge is 0.391 e. The lowest BCUT2D eigenvalue weighted by Crippen LogP contribution is -2.48. The van der Waals surface area contributed by atoms with Crippen LogP contribution >= 0.6 is 11.6 Å². The van der Waals surface area contributed by atoms with Crippen molar-refractivity contribution in [2.24, 2.45) is 5.73 Å². The third-order valence-electron chi connectivity index (χ3n) is 3.66. The fourth-order valence-electron chi connectivity index (χ4n) is 1.93. The van der Waals surface area contributed by atoms with Gasteiger partial charge in [-0.05, 0) is 31.5 Å². The highest BCUT2D eigenvalue weighted by molar-refractivity contribution is 7.92. The Labute approximate surface area is 123 Å². The van der Waals surface area contributed by atoms with Crippen LogP contribution in [0.2, 0.25) is 5.02 Å². The van der Waals surface area contributed by atoms with Crippen LogP contribution in [0, 0.1) is 5.82 Å². The number of halogens is 2. The van der Waals surface area contributed by atoms with Gasteiger partial charge >= 0.3 is 0 Å². The van der Waals surface area contributed by atoms with Gasteiger partial charge in [-0.2, -0.15) is 0 Å². The number of hydrogen-bond acceptors (Lipinski definition) is 4. The maximum absolute atomic E-state index is 13.1. The Balaban J connectivity index is 3.26. The van der Waals surface area contributed by atoms with Gasteiger partial charge < -0.3 is 10.8 Å². The van der Waals surface area contributed by atoms with E-state index in [4.69, 9.17) is 17.3 Å². The third-order valence-corrected chi connectivity index (χ3v) is 6.15. The number of aliphatic hydroxyl groups is 1. The van der Waals surface area contributed by atoms with Crippen molar-refractivity contribution in [2.75, 3.05) is 12.8 Å². The van der Waals surface area contributed by atoms with E-state index in [1.54, 1.807) is 0 Å². The van der Waals surface area contributed by atoms with Crippen LogP contribution in [0.25, 0.3) is 0 Å². The van der Waals surface area contributed by atoms with E-state index in [1.807, 2.05) is 0 Å². The summed E-state index contributed by atoms with van der Waals surface area (Å²) < 4.78 is 35.3. The van der Waals surface area contributed by atoms with Crippen molar-refractivity contribution in [3.63, 3.8) is 0 Å². The Morgan fingerprint density at radius 1 is 1.45 bits per heavy atom. The van der Waals surface area contributed by atoms with Crippen LogP contribution in [0.3, 0.4) is 0 Å². The predicted molar refractivity (Wildman–Crippen MR) is 78.1 cm³/mol. The molecule has 7 heteroatoms. The SMILES string of the molecule is CC(C)(C(O)C(CN)c1ccc(F)cc1Cl)S(C)(=O)=O. The van der Waals surface area contributed by atoms with Gasteiger partial charge in [0.1, 0.15) is 5.82 Å². The van der Waals surface area contributed by atoms with Gasteiger partial charge in [0, 0.05) is 23.7 Å². The minimum absolute atomic E-state index is 0.00846. The summed E-state index contributed by atoms with van der Waals surface area (Å²) in [6.07, 6.45) is -0.207. The zero-order valence-electron chi connectivity index (χ0n) is 11.6. The highest BCUT2D eigenvalue weighted by Crippen LogP contribution is 2.34. The summed E-state index contributed by atoms with van der Waals surface area (Å²) in [6.45, 7) is 2.84. The summed E-state index contributed by atoms with van der Waals surface area (Å²) in [6, 6.07) is 3.72. The van der Waals surface area contributed by atoms with Crippen LogP contribution in [0.4, 0.5) is 4.39 Å². The Kier molecular flexibility index (Phi) is 5.18. The summed E-state index contributed by atoms with van der Waals surface area (Å²) in [4.78, 5) is 0. The maximum Gasteiger partial charge on any atom is 0.155 e. The summed E-state index contributed by atoms with van der Waals surface area (Å²) >= 11 is 5.96. The number of sulfone groups is 1. The fourth-order valence-corrected chi connectivity index (χ4v) is 2.84. The Hall–Kier alpha value is -0.690. The standard InChI is InChI=1S/C13H19ClFNO3S/c1-13(2,20(3,18)19)12(17)10(7-16)9-5-4-8(15)6-11(9)14/h4-6,10,12,17H,7,16H2,1-3H3. The van der Waals surface area contributed by atoms with Gasteiger partial charge in [-0.1, -0.05) is 17.7 Å². The first-order valence-electron chi connectivity index (χ1n) is 6.05. The molecule has 0 radical (unpaired) electrons. The highest BCUT2D eigenvalue weighted by Gasteiger charge is 2.42.